The van der Waals surface area contributed by atoms with Crippen LogP contribution in [0.15, 0.2) is 67.8 Å². The summed E-state index contributed by atoms with van der Waals surface area (Å²) in [5.74, 6) is 1.08. The molecule has 0 heterocycles. The third kappa shape index (κ3) is 5.61. The first-order chi connectivity index (χ1) is 13.1. The van der Waals surface area contributed by atoms with Gasteiger partial charge in [-0.3, -0.25) is 4.79 Å². The lowest BCUT2D eigenvalue weighted by atomic mass is 10.1. The van der Waals surface area contributed by atoms with Crippen LogP contribution in [-0.4, -0.2) is 26.1 Å². The molecule has 4 heteroatoms. The molecule has 0 unspecified atom stereocenters. The number of carbonyl (C=O) groups is 1. The van der Waals surface area contributed by atoms with Gasteiger partial charge >= 0.3 is 0 Å². The summed E-state index contributed by atoms with van der Waals surface area (Å²) in [6.45, 7) is 9.89. The zero-order valence-electron chi connectivity index (χ0n) is 15.7. The van der Waals surface area contributed by atoms with Gasteiger partial charge in [0.05, 0.1) is 7.11 Å². The van der Waals surface area contributed by atoms with Crippen molar-refractivity contribution in [3.05, 3.63) is 84.5 Å². The largest absolute Gasteiger partial charge is 0.496 e. The molecule has 0 bridgehead atoms. The summed E-state index contributed by atoms with van der Waals surface area (Å²) in [5.41, 5.74) is 2.44. The Morgan fingerprint density at radius 3 is 2.26 bits per heavy atom. The summed E-state index contributed by atoms with van der Waals surface area (Å²) in [4.78, 5) is 12.8. The van der Waals surface area contributed by atoms with E-state index in [0.29, 0.717) is 29.4 Å². The monoisotopic (exact) mass is 364 g/mol. The highest BCUT2D eigenvalue weighted by atomic mass is 16.5. The fourth-order valence-electron chi connectivity index (χ4n) is 2.40. The first kappa shape index (κ1) is 20.0. The highest BCUT2D eigenvalue weighted by Gasteiger charge is 2.19. The summed E-state index contributed by atoms with van der Waals surface area (Å²) < 4.78 is 16.6. The Morgan fingerprint density at radius 1 is 1.00 bits per heavy atom. The highest BCUT2D eigenvalue weighted by molar-refractivity contribution is 6.10. The van der Waals surface area contributed by atoms with E-state index in [0.717, 1.165) is 11.1 Å². The van der Waals surface area contributed by atoms with E-state index in [4.69, 9.17) is 14.2 Å². The van der Waals surface area contributed by atoms with Crippen LogP contribution < -0.4 is 14.2 Å². The molecule has 0 radical (unpaired) electrons. The van der Waals surface area contributed by atoms with E-state index in [1.54, 1.807) is 30.4 Å². The van der Waals surface area contributed by atoms with Gasteiger partial charge in [0, 0.05) is 12.1 Å². The van der Waals surface area contributed by atoms with Crippen LogP contribution in [0.1, 0.15) is 21.5 Å². The first-order valence-electron chi connectivity index (χ1n) is 8.57. The molecule has 0 N–H and O–H groups in total. The molecule has 0 spiro atoms. The third-order valence-corrected chi connectivity index (χ3v) is 3.73. The maximum absolute atomic E-state index is 12.8. The van der Waals surface area contributed by atoms with Crippen LogP contribution in [0.3, 0.4) is 0 Å². The van der Waals surface area contributed by atoms with Crippen molar-refractivity contribution < 1.29 is 19.0 Å². The average molecular weight is 364 g/mol. The van der Waals surface area contributed by atoms with E-state index < -0.39 is 0 Å². The number of methoxy groups -OCH3 is 1. The van der Waals surface area contributed by atoms with Gasteiger partial charge in [-0.25, -0.2) is 0 Å². The van der Waals surface area contributed by atoms with E-state index in [1.807, 2.05) is 31.2 Å². The van der Waals surface area contributed by atoms with Gasteiger partial charge in [-0.05, 0) is 18.6 Å². The van der Waals surface area contributed by atoms with Gasteiger partial charge in [0.25, 0.3) is 0 Å². The fourth-order valence-corrected chi connectivity index (χ4v) is 2.40. The van der Waals surface area contributed by atoms with Crippen molar-refractivity contribution in [3.63, 3.8) is 0 Å². The molecule has 2 rings (SSSR count). The van der Waals surface area contributed by atoms with Gasteiger partial charge in [0.15, 0.2) is 5.78 Å². The molecular weight excluding hydrogens is 340 g/mol. The second-order valence-corrected chi connectivity index (χ2v) is 5.81. The average Bonchev–Trinajstić information content (AvgIpc) is 2.69. The number of hydrogen-bond donors (Lipinski definition) is 0. The van der Waals surface area contributed by atoms with Gasteiger partial charge in [-0.15, -0.1) is 0 Å². The molecular formula is C23H24O4. The van der Waals surface area contributed by atoms with Crippen LogP contribution in [0, 0.1) is 6.92 Å². The van der Waals surface area contributed by atoms with Gasteiger partial charge in [0.1, 0.15) is 36.0 Å². The second-order valence-electron chi connectivity index (χ2n) is 5.81. The van der Waals surface area contributed by atoms with Crippen molar-refractivity contribution in [2.24, 2.45) is 0 Å². The van der Waals surface area contributed by atoms with Crippen molar-refractivity contribution in [3.8, 4) is 17.2 Å². The molecule has 0 aromatic heterocycles. The molecule has 0 fully saturated rings. The Labute approximate surface area is 160 Å². The van der Waals surface area contributed by atoms with Crippen LogP contribution in [0.2, 0.25) is 0 Å². The summed E-state index contributed by atoms with van der Waals surface area (Å²) in [6.07, 6.45) is 6.52. The van der Waals surface area contributed by atoms with Crippen molar-refractivity contribution in [1.82, 2.24) is 0 Å². The van der Waals surface area contributed by atoms with E-state index >= 15 is 0 Å². The van der Waals surface area contributed by atoms with E-state index in [9.17, 15) is 4.79 Å². The van der Waals surface area contributed by atoms with Crippen molar-refractivity contribution in [1.29, 1.82) is 0 Å². The van der Waals surface area contributed by atoms with Crippen LogP contribution in [-0.2, 0) is 0 Å². The molecule has 0 aliphatic heterocycles. The summed E-state index contributed by atoms with van der Waals surface area (Å²) in [7, 11) is 1.50. The Balaban J connectivity index is 2.38. The van der Waals surface area contributed by atoms with Crippen LogP contribution >= 0.6 is 0 Å². The lowest BCUT2D eigenvalue weighted by Gasteiger charge is -2.15. The quantitative estimate of drug-likeness (QED) is 0.337. The highest BCUT2D eigenvalue weighted by Crippen LogP contribution is 2.35. The van der Waals surface area contributed by atoms with E-state index in [2.05, 4.69) is 13.2 Å². The van der Waals surface area contributed by atoms with Crippen LogP contribution in [0.5, 0.6) is 17.2 Å². The number of allylic oxidation sites excluding steroid dienone is 1. The van der Waals surface area contributed by atoms with E-state index in [1.165, 1.54) is 13.2 Å². The SMILES string of the molecule is C=CCOc1cc(OC)c(C(=O)C=Cc2ccc(C)cc2)c(OCC=C)c1. The number of ketones is 1. The summed E-state index contributed by atoms with van der Waals surface area (Å²) in [5, 5.41) is 0. The topological polar surface area (TPSA) is 44.8 Å². The molecule has 0 amide bonds. The maximum Gasteiger partial charge on any atom is 0.193 e. The third-order valence-electron chi connectivity index (χ3n) is 3.73. The number of hydrogen-bond acceptors (Lipinski definition) is 4. The van der Waals surface area contributed by atoms with Gasteiger partial charge in [-0.1, -0.05) is 61.2 Å². The number of carbonyl (C=O) groups excluding carboxylic acids is 1. The minimum Gasteiger partial charge on any atom is -0.496 e. The Morgan fingerprint density at radius 2 is 1.63 bits per heavy atom. The van der Waals surface area contributed by atoms with Crippen LogP contribution in [0.25, 0.3) is 6.08 Å². The molecule has 0 aliphatic carbocycles. The zero-order chi connectivity index (χ0) is 19.6. The number of ether oxygens (including phenoxy) is 3. The smallest absolute Gasteiger partial charge is 0.193 e. The molecule has 0 saturated carbocycles. The predicted molar refractivity (Wildman–Crippen MR) is 109 cm³/mol. The number of benzene rings is 2. The minimum atomic E-state index is -0.221. The van der Waals surface area contributed by atoms with Crippen molar-refractivity contribution in [2.45, 2.75) is 6.92 Å². The maximum atomic E-state index is 12.8. The summed E-state index contributed by atoms with van der Waals surface area (Å²) >= 11 is 0. The Bertz CT molecular complexity index is 832. The molecule has 140 valence electrons. The van der Waals surface area contributed by atoms with E-state index in [-0.39, 0.29) is 12.4 Å². The lowest BCUT2D eigenvalue weighted by molar-refractivity contribution is 0.104. The predicted octanol–water partition coefficient (Wildman–Crippen LogP) is 5.03. The second kappa shape index (κ2) is 10.0. The number of rotatable bonds is 10. The lowest BCUT2D eigenvalue weighted by Crippen LogP contribution is -2.06. The molecule has 0 aliphatic rings. The zero-order valence-corrected chi connectivity index (χ0v) is 15.7. The van der Waals surface area contributed by atoms with Gasteiger partial charge < -0.3 is 14.2 Å². The Hall–Kier alpha value is -3.27. The minimum absolute atomic E-state index is 0.221. The molecule has 0 saturated heterocycles. The standard InChI is InChI=1S/C23H24O4/c1-5-13-26-19-15-21(25-4)23(22(16-19)27-14-6-2)20(24)12-11-18-9-7-17(3)8-10-18/h5-12,15-16H,1-2,13-14H2,3-4H3. The number of aryl methyl sites for hydroxylation is 1. The molecule has 2 aromatic rings. The van der Waals surface area contributed by atoms with Crippen molar-refractivity contribution >= 4 is 11.9 Å². The summed E-state index contributed by atoms with van der Waals surface area (Å²) in [6, 6.07) is 11.2. The van der Waals surface area contributed by atoms with Crippen LogP contribution in [0.4, 0.5) is 0 Å². The van der Waals surface area contributed by atoms with Gasteiger partial charge in [0.2, 0.25) is 0 Å². The molecule has 0 atom stereocenters. The fraction of sp³-hybridized carbons (Fsp3) is 0.174. The molecule has 27 heavy (non-hydrogen) atoms. The first-order valence-corrected chi connectivity index (χ1v) is 8.57. The molecule has 4 nitrogen and oxygen atoms in total. The Kier molecular flexibility index (Phi) is 7.44. The normalized spacial score (nSPS) is 10.4. The van der Waals surface area contributed by atoms with Crippen molar-refractivity contribution in [2.75, 3.05) is 20.3 Å². The molecule has 2 aromatic carbocycles. The van der Waals surface area contributed by atoms with Gasteiger partial charge in [-0.2, -0.15) is 0 Å².